The van der Waals surface area contributed by atoms with E-state index in [-0.39, 0.29) is 11.7 Å². The van der Waals surface area contributed by atoms with Crippen LogP contribution >= 0.6 is 11.8 Å². The largest absolute Gasteiger partial charge is 0.272 e. The van der Waals surface area contributed by atoms with Crippen LogP contribution in [0.2, 0.25) is 0 Å². The van der Waals surface area contributed by atoms with E-state index in [1.807, 2.05) is 31.2 Å². The first-order chi connectivity index (χ1) is 10.7. The minimum atomic E-state index is -0.205. The average molecular weight is 316 g/mol. The fraction of sp³-hybridized carbons (Fsp3) is 0.167. The van der Waals surface area contributed by atoms with Crippen LogP contribution in [0.5, 0.6) is 0 Å². The zero-order chi connectivity index (χ0) is 15.4. The van der Waals surface area contributed by atoms with Gasteiger partial charge in [0.15, 0.2) is 0 Å². The standard InChI is InChI=1S/C12H12N8OS/c1-9-4-2-3-5-10(9)20-12(15-17-18-20)22-6-11(21)16-19-7-13-14-8-19/h2-5,7-8H,6H2,1H3,(H,16,21). The van der Waals surface area contributed by atoms with Crippen LogP contribution in [0.1, 0.15) is 5.56 Å². The molecule has 0 saturated carbocycles. The van der Waals surface area contributed by atoms with Crippen LogP contribution in [0.25, 0.3) is 5.69 Å². The number of carbonyl (C=O) groups is 1. The van der Waals surface area contributed by atoms with Crippen molar-refractivity contribution in [1.82, 2.24) is 35.1 Å². The van der Waals surface area contributed by atoms with E-state index in [9.17, 15) is 4.79 Å². The van der Waals surface area contributed by atoms with Gasteiger partial charge in [-0.15, -0.1) is 15.3 Å². The molecule has 1 amide bonds. The van der Waals surface area contributed by atoms with Crippen molar-refractivity contribution < 1.29 is 4.79 Å². The molecule has 9 nitrogen and oxygen atoms in total. The molecular weight excluding hydrogens is 304 g/mol. The number of thioether (sulfide) groups is 1. The number of rotatable bonds is 5. The van der Waals surface area contributed by atoms with Crippen molar-refractivity contribution in [3.8, 4) is 5.69 Å². The molecule has 0 aliphatic carbocycles. The number of carbonyl (C=O) groups excluding carboxylic acids is 1. The second-order valence-corrected chi connectivity index (χ2v) is 5.30. The fourth-order valence-electron chi connectivity index (χ4n) is 1.79. The first kappa shape index (κ1) is 14.2. The van der Waals surface area contributed by atoms with Gasteiger partial charge in [0.25, 0.3) is 0 Å². The topological polar surface area (TPSA) is 103 Å². The van der Waals surface area contributed by atoms with E-state index in [1.165, 1.54) is 29.1 Å². The minimum absolute atomic E-state index is 0.171. The normalized spacial score (nSPS) is 10.6. The quantitative estimate of drug-likeness (QED) is 0.680. The molecule has 22 heavy (non-hydrogen) atoms. The zero-order valence-corrected chi connectivity index (χ0v) is 12.4. The maximum Gasteiger partial charge on any atom is 0.249 e. The van der Waals surface area contributed by atoms with Crippen LogP contribution < -0.4 is 5.43 Å². The van der Waals surface area contributed by atoms with Crippen LogP contribution in [0, 0.1) is 6.92 Å². The van der Waals surface area contributed by atoms with E-state index >= 15 is 0 Å². The number of aromatic nitrogens is 7. The Bertz CT molecular complexity index is 769. The molecule has 0 saturated heterocycles. The van der Waals surface area contributed by atoms with Crippen molar-refractivity contribution >= 4 is 17.7 Å². The lowest BCUT2D eigenvalue weighted by atomic mass is 10.2. The van der Waals surface area contributed by atoms with Gasteiger partial charge in [0, 0.05) is 0 Å². The number of aryl methyl sites for hydroxylation is 1. The van der Waals surface area contributed by atoms with Crippen LogP contribution in [-0.2, 0) is 4.79 Å². The third kappa shape index (κ3) is 3.11. The predicted molar refractivity (Wildman–Crippen MR) is 79.0 cm³/mol. The van der Waals surface area contributed by atoms with E-state index in [2.05, 4.69) is 31.1 Å². The van der Waals surface area contributed by atoms with Crippen LogP contribution in [0.4, 0.5) is 0 Å². The first-order valence-electron chi connectivity index (χ1n) is 6.36. The Labute approximate surface area is 129 Å². The van der Waals surface area contributed by atoms with Crippen LogP contribution in [-0.4, -0.2) is 46.7 Å². The highest BCUT2D eigenvalue weighted by atomic mass is 32.2. The Morgan fingerprint density at radius 3 is 2.82 bits per heavy atom. The molecular formula is C12H12N8OS. The van der Waals surface area contributed by atoms with E-state index in [0.29, 0.717) is 5.16 Å². The highest BCUT2D eigenvalue weighted by Crippen LogP contribution is 2.20. The summed E-state index contributed by atoms with van der Waals surface area (Å²) in [4.78, 5) is 11.8. The second-order valence-electron chi connectivity index (χ2n) is 4.35. The van der Waals surface area contributed by atoms with Gasteiger partial charge in [-0.3, -0.25) is 10.2 Å². The molecule has 0 aliphatic rings. The minimum Gasteiger partial charge on any atom is -0.272 e. The molecule has 0 atom stereocenters. The summed E-state index contributed by atoms with van der Waals surface area (Å²) in [5.41, 5.74) is 4.54. The highest BCUT2D eigenvalue weighted by Gasteiger charge is 2.12. The van der Waals surface area contributed by atoms with E-state index in [4.69, 9.17) is 0 Å². The summed E-state index contributed by atoms with van der Waals surface area (Å²) in [6, 6.07) is 7.76. The van der Waals surface area contributed by atoms with Gasteiger partial charge in [0.2, 0.25) is 11.1 Å². The Kier molecular flexibility index (Phi) is 4.10. The van der Waals surface area contributed by atoms with Crippen molar-refractivity contribution in [3.05, 3.63) is 42.5 Å². The third-order valence-electron chi connectivity index (χ3n) is 2.79. The molecule has 0 spiro atoms. The molecule has 0 bridgehead atoms. The zero-order valence-electron chi connectivity index (χ0n) is 11.6. The van der Waals surface area contributed by atoms with Gasteiger partial charge < -0.3 is 0 Å². The lowest BCUT2D eigenvalue weighted by molar-refractivity contribution is -0.114. The Morgan fingerprint density at radius 2 is 2.05 bits per heavy atom. The van der Waals surface area contributed by atoms with Gasteiger partial charge in [-0.2, -0.15) is 4.68 Å². The van der Waals surface area contributed by atoms with Gasteiger partial charge in [0.05, 0.1) is 11.4 Å². The Balaban J connectivity index is 1.68. The lowest BCUT2D eigenvalue weighted by Crippen LogP contribution is -2.23. The predicted octanol–water partition coefficient (Wildman–Crippen LogP) is 0.425. The Hall–Kier alpha value is -2.75. The summed E-state index contributed by atoms with van der Waals surface area (Å²) in [6.07, 6.45) is 2.81. The third-order valence-corrected chi connectivity index (χ3v) is 3.71. The van der Waals surface area contributed by atoms with Crippen molar-refractivity contribution in [2.75, 3.05) is 11.2 Å². The number of tetrazole rings is 1. The first-order valence-corrected chi connectivity index (χ1v) is 7.34. The summed E-state index contributed by atoms with van der Waals surface area (Å²) >= 11 is 1.25. The van der Waals surface area contributed by atoms with Crippen molar-refractivity contribution in [3.63, 3.8) is 0 Å². The summed E-state index contributed by atoms with van der Waals surface area (Å²) in [6.45, 7) is 1.98. The molecule has 1 N–H and O–H groups in total. The summed E-state index contributed by atoms with van der Waals surface area (Å²) in [7, 11) is 0. The number of hydrogen-bond donors (Lipinski definition) is 1. The highest BCUT2D eigenvalue weighted by molar-refractivity contribution is 7.99. The molecule has 0 radical (unpaired) electrons. The van der Waals surface area contributed by atoms with Gasteiger partial charge in [-0.1, -0.05) is 30.0 Å². The van der Waals surface area contributed by atoms with Gasteiger partial charge >= 0.3 is 0 Å². The molecule has 0 unspecified atom stereocenters. The number of hydrogen-bond acceptors (Lipinski definition) is 7. The number of nitrogens with zero attached hydrogens (tertiary/aromatic N) is 7. The molecule has 1 aromatic carbocycles. The molecule has 112 valence electrons. The maximum atomic E-state index is 11.8. The smallest absolute Gasteiger partial charge is 0.249 e. The van der Waals surface area contributed by atoms with Crippen molar-refractivity contribution in [2.24, 2.45) is 0 Å². The maximum absolute atomic E-state index is 11.8. The molecule has 3 aromatic rings. The monoisotopic (exact) mass is 316 g/mol. The van der Waals surface area contributed by atoms with E-state index in [0.717, 1.165) is 11.3 Å². The van der Waals surface area contributed by atoms with Gasteiger partial charge in [-0.25, -0.2) is 4.68 Å². The molecule has 0 fully saturated rings. The lowest BCUT2D eigenvalue weighted by Gasteiger charge is -2.07. The fourth-order valence-corrected chi connectivity index (χ4v) is 2.46. The summed E-state index contributed by atoms with van der Waals surface area (Å²) in [5, 5.41) is 19.4. The van der Waals surface area contributed by atoms with Crippen molar-refractivity contribution in [2.45, 2.75) is 12.1 Å². The van der Waals surface area contributed by atoms with E-state index in [1.54, 1.807) is 4.68 Å². The molecule has 2 aromatic heterocycles. The molecule has 2 heterocycles. The number of amides is 1. The summed E-state index contributed by atoms with van der Waals surface area (Å²) in [5.74, 6) is -0.0334. The average Bonchev–Trinajstić information content (AvgIpc) is 3.17. The van der Waals surface area contributed by atoms with Crippen molar-refractivity contribution in [1.29, 1.82) is 0 Å². The second kappa shape index (κ2) is 6.35. The SMILES string of the molecule is Cc1ccccc1-n1nnnc1SCC(=O)Nn1cnnc1. The molecule has 3 rings (SSSR count). The molecule has 10 heteroatoms. The van der Waals surface area contributed by atoms with Gasteiger partial charge in [-0.05, 0) is 29.0 Å². The number of para-hydroxylation sites is 1. The summed E-state index contributed by atoms with van der Waals surface area (Å²) < 4.78 is 3.00. The van der Waals surface area contributed by atoms with Crippen LogP contribution in [0.3, 0.4) is 0 Å². The number of nitrogens with one attached hydrogen (secondary N) is 1. The van der Waals surface area contributed by atoms with Gasteiger partial charge in [0.1, 0.15) is 12.7 Å². The van der Waals surface area contributed by atoms with E-state index < -0.39 is 0 Å². The Morgan fingerprint density at radius 1 is 1.27 bits per heavy atom. The van der Waals surface area contributed by atoms with Crippen LogP contribution in [0.15, 0.2) is 42.1 Å². The number of benzene rings is 1. The molecule has 0 aliphatic heterocycles.